The molecule has 7 N–H and O–H groups in total. The number of ether oxygens (including phenoxy) is 2. The van der Waals surface area contributed by atoms with Gasteiger partial charge in [0.05, 0.1) is 25.4 Å². The maximum absolute atomic E-state index is 12.8. The molecule has 1 heterocycles. The van der Waals surface area contributed by atoms with Crippen molar-refractivity contribution in [2.75, 3.05) is 13.2 Å². The summed E-state index contributed by atoms with van der Waals surface area (Å²) in [7, 11) is 0. The Kier molecular flexibility index (Phi) is 26.4. The third kappa shape index (κ3) is 20.0. The number of amides is 1. The van der Waals surface area contributed by atoms with E-state index in [1.54, 1.807) is 6.08 Å². The largest absolute Gasteiger partial charge is 0.394 e. The molecular formula is C37H69NO9. The molecule has 8 unspecified atom stereocenters. The van der Waals surface area contributed by atoms with Gasteiger partial charge < -0.3 is 45.4 Å². The standard InChI is InChI=1S/C37H69NO9/c1-3-5-7-9-11-13-14-15-16-17-18-20-21-23-25-30(40)29(28-46-37-35(44)34(43)33(42)32(27-39)47-37)38-36(45)31(41)26-24-22-19-12-10-8-6-4-2/h19,22-23,25,29-35,37,39-44H,3-18,20-21,24,26-28H2,1-2H3,(H,38,45)/b22-19-,25-23+. The minimum Gasteiger partial charge on any atom is -0.394 e. The molecule has 0 spiro atoms. The van der Waals surface area contributed by atoms with E-state index in [-0.39, 0.29) is 13.0 Å². The molecule has 1 rings (SSSR count). The van der Waals surface area contributed by atoms with E-state index in [2.05, 4.69) is 25.2 Å². The Hall–Kier alpha value is -1.37. The van der Waals surface area contributed by atoms with E-state index < -0.39 is 61.5 Å². The topological polar surface area (TPSA) is 169 Å². The summed E-state index contributed by atoms with van der Waals surface area (Å²) >= 11 is 0. The lowest BCUT2D eigenvalue weighted by molar-refractivity contribution is -0.302. The van der Waals surface area contributed by atoms with Gasteiger partial charge in [0, 0.05) is 0 Å². The third-order valence-electron chi connectivity index (χ3n) is 8.89. The van der Waals surface area contributed by atoms with Crippen LogP contribution in [-0.4, -0.2) is 98.7 Å². The van der Waals surface area contributed by atoms with Crippen molar-refractivity contribution < 1.29 is 44.9 Å². The van der Waals surface area contributed by atoms with Crippen molar-refractivity contribution in [2.24, 2.45) is 0 Å². The lowest BCUT2D eigenvalue weighted by Gasteiger charge is -2.40. The van der Waals surface area contributed by atoms with Crippen LogP contribution in [0.5, 0.6) is 0 Å². The second-order valence-corrected chi connectivity index (χ2v) is 13.2. The van der Waals surface area contributed by atoms with E-state index in [1.807, 2.05) is 12.2 Å². The highest BCUT2D eigenvalue weighted by Crippen LogP contribution is 2.22. The molecule has 0 aliphatic carbocycles. The highest BCUT2D eigenvalue weighted by molar-refractivity contribution is 5.80. The molecule has 0 aromatic carbocycles. The average Bonchev–Trinajstić information content (AvgIpc) is 3.07. The molecule has 276 valence electrons. The van der Waals surface area contributed by atoms with Gasteiger partial charge in [-0.05, 0) is 38.5 Å². The molecular weight excluding hydrogens is 602 g/mol. The average molecular weight is 672 g/mol. The molecule has 1 aliphatic rings. The predicted octanol–water partition coefficient (Wildman–Crippen LogP) is 4.96. The summed E-state index contributed by atoms with van der Waals surface area (Å²) in [5, 5.41) is 64.0. The molecule has 1 fully saturated rings. The van der Waals surface area contributed by atoms with Gasteiger partial charge in [-0.1, -0.05) is 128 Å². The van der Waals surface area contributed by atoms with Crippen LogP contribution in [0.25, 0.3) is 0 Å². The van der Waals surface area contributed by atoms with Crippen molar-refractivity contribution >= 4 is 5.91 Å². The van der Waals surface area contributed by atoms with Crippen molar-refractivity contribution in [3.8, 4) is 0 Å². The zero-order valence-electron chi connectivity index (χ0n) is 29.4. The summed E-state index contributed by atoms with van der Waals surface area (Å²) < 4.78 is 11.0. The number of aliphatic hydroxyl groups is 6. The molecule has 8 atom stereocenters. The van der Waals surface area contributed by atoms with E-state index in [0.717, 1.165) is 32.1 Å². The molecule has 1 saturated heterocycles. The molecule has 47 heavy (non-hydrogen) atoms. The van der Waals surface area contributed by atoms with Crippen LogP contribution in [0.3, 0.4) is 0 Å². The quantitative estimate of drug-likeness (QED) is 0.0429. The highest BCUT2D eigenvalue weighted by Gasteiger charge is 2.44. The van der Waals surface area contributed by atoms with Gasteiger partial charge in [-0.3, -0.25) is 4.79 Å². The molecule has 1 aliphatic heterocycles. The number of hydrogen-bond acceptors (Lipinski definition) is 9. The van der Waals surface area contributed by atoms with Crippen LogP contribution in [0, 0.1) is 0 Å². The first kappa shape index (κ1) is 43.7. The predicted molar refractivity (Wildman–Crippen MR) is 186 cm³/mol. The molecule has 0 aromatic rings. The van der Waals surface area contributed by atoms with E-state index in [9.17, 15) is 35.4 Å². The third-order valence-corrected chi connectivity index (χ3v) is 8.89. The second kappa shape index (κ2) is 28.5. The molecule has 0 radical (unpaired) electrons. The first-order valence-corrected chi connectivity index (χ1v) is 18.7. The molecule has 0 saturated carbocycles. The molecule has 1 amide bonds. The number of nitrogens with one attached hydrogen (secondary N) is 1. The summed E-state index contributed by atoms with van der Waals surface area (Å²) in [6.45, 7) is 3.49. The van der Waals surface area contributed by atoms with E-state index in [0.29, 0.717) is 6.42 Å². The van der Waals surface area contributed by atoms with Gasteiger partial charge in [-0.15, -0.1) is 0 Å². The number of unbranched alkanes of at least 4 members (excludes halogenated alkanes) is 16. The molecule has 0 aromatic heterocycles. The van der Waals surface area contributed by atoms with Gasteiger partial charge in [0.1, 0.15) is 30.5 Å². The Balaban J connectivity index is 2.57. The maximum atomic E-state index is 12.8. The minimum absolute atomic E-state index is 0.225. The SMILES string of the molecule is CCCCCC/C=C\CCC(O)C(=O)NC(COC1OC(CO)C(O)C(O)C1O)C(O)/C=C/CCCCCCCCCCCCCC. The number of allylic oxidation sites excluding steroid dienone is 3. The van der Waals surface area contributed by atoms with Crippen molar-refractivity contribution in [3.05, 3.63) is 24.3 Å². The normalized spacial score (nSPS) is 23.8. The number of hydrogen-bond donors (Lipinski definition) is 7. The van der Waals surface area contributed by atoms with Crippen LogP contribution in [0.4, 0.5) is 0 Å². The number of carbonyl (C=O) groups is 1. The van der Waals surface area contributed by atoms with Crippen LogP contribution in [0.1, 0.15) is 142 Å². The molecule has 10 heteroatoms. The van der Waals surface area contributed by atoms with Gasteiger partial charge in [-0.2, -0.15) is 0 Å². The Bertz CT molecular complexity index is 809. The maximum Gasteiger partial charge on any atom is 0.249 e. The Morgan fingerprint density at radius 2 is 1.23 bits per heavy atom. The minimum atomic E-state index is -1.61. The lowest BCUT2D eigenvalue weighted by Crippen LogP contribution is -2.60. The fraction of sp³-hybridized carbons (Fsp3) is 0.865. The van der Waals surface area contributed by atoms with Gasteiger partial charge in [0.2, 0.25) is 5.91 Å². The zero-order valence-corrected chi connectivity index (χ0v) is 29.4. The number of carbonyl (C=O) groups excluding carboxylic acids is 1. The second-order valence-electron chi connectivity index (χ2n) is 13.2. The van der Waals surface area contributed by atoms with Gasteiger partial charge in [-0.25, -0.2) is 0 Å². The fourth-order valence-electron chi connectivity index (χ4n) is 5.69. The molecule has 10 nitrogen and oxygen atoms in total. The van der Waals surface area contributed by atoms with Crippen LogP contribution in [0.15, 0.2) is 24.3 Å². The Labute approximate surface area is 284 Å². The van der Waals surface area contributed by atoms with Crippen LogP contribution < -0.4 is 5.32 Å². The summed E-state index contributed by atoms with van der Waals surface area (Å²) in [4.78, 5) is 12.8. The van der Waals surface area contributed by atoms with Gasteiger partial charge in [0.25, 0.3) is 0 Å². The van der Waals surface area contributed by atoms with Gasteiger partial charge in [0.15, 0.2) is 6.29 Å². The van der Waals surface area contributed by atoms with Crippen LogP contribution in [0.2, 0.25) is 0 Å². The highest BCUT2D eigenvalue weighted by atomic mass is 16.7. The summed E-state index contributed by atoms with van der Waals surface area (Å²) in [5.74, 6) is -0.655. The smallest absolute Gasteiger partial charge is 0.249 e. The van der Waals surface area contributed by atoms with Crippen molar-refractivity contribution in [2.45, 2.75) is 191 Å². The monoisotopic (exact) mass is 671 g/mol. The summed E-state index contributed by atoms with van der Waals surface area (Å²) in [6.07, 6.45) is 20.1. The van der Waals surface area contributed by atoms with E-state index in [1.165, 1.54) is 83.5 Å². The summed E-state index contributed by atoms with van der Waals surface area (Å²) in [5.41, 5.74) is 0. The first-order valence-electron chi connectivity index (χ1n) is 18.7. The van der Waals surface area contributed by atoms with E-state index >= 15 is 0 Å². The van der Waals surface area contributed by atoms with Crippen molar-refractivity contribution in [1.29, 1.82) is 0 Å². The number of aliphatic hydroxyl groups excluding tert-OH is 6. The van der Waals surface area contributed by atoms with Crippen LogP contribution >= 0.6 is 0 Å². The van der Waals surface area contributed by atoms with Gasteiger partial charge >= 0.3 is 0 Å². The number of rotatable bonds is 29. The zero-order chi connectivity index (χ0) is 34.7. The lowest BCUT2D eigenvalue weighted by atomic mass is 9.99. The molecule has 0 bridgehead atoms. The first-order chi connectivity index (χ1) is 22.8. The van der Waals surface area contributed by atoms with E-state index in [4.69, 9.17) is 9.47 Å². The van der Waals surface area contributed by atoms with Crippen LogP contribution in [-0.2, 0) is 14.3 Å². The Morgan fingerprint density at radius 1 is 0.723 bits per heavy atom. The van der Waals surface area contributed by atoms with Crippen molar-refractivity contribution in [1.82, 2.24) is 5.32 Å². The Morgan fingerprint density at radius 3 is 1.81 bits per heavy atom. The van der Waals surface area contributed by atoms with Crippen molar-refractivity contribution in [3.63, 3.8) is 0 Å². The summed E-state index contributed by atoms with van der Waals surface area (Å²) in [6, 6.07) is -0.989. The fourth-order valence-corrected chi connectivity index (χ4v) is 5.69.